The van der Waals surface area contributed by atoms with E-state index in [9.17, 15) is 13.0 Å². The molecule has 0 aromatic rings. The largest absolute Gasteiger partial charge is 0.325 e. The maximum absolute atomic E-state index is 10.4. The Morgan fingerprint density at radius 2 is 1.50 bits per heavy atom. The van der Waals surface area contributed by atoms with Crippen molar-refractivity contribution >= 4 is 17.7 Å². The Kier molecular flexibility index (Phi) is 5.85. The van der Waals surface area contributed by atoms with Gasteiger partial charge in [-0.05, 0) is 12.8 Å². The molecular weight excluding hydrogens is 231 g/mol. The molecule has 0 saturated carbocycles. The second-order valence-corrected chi connectivity index (χ2v) is 6.44. The number of unbranched alkanes of at least 4 members (excludes halogenated alkanes) is 3. The molecule has 86 valence electrons. The minimum atomic E-state index is -3.91. The summed E-state index contributed by atoms with van der Waals surface area (Å²) in [7, 11) is -7.81. The molecule has 0 fully saturated rings. The van der Waals surface area contributed by atoms with E-state index in [4.69, 9.17) is 14.3 Å². The van der Waals surface area contributed by atoms with Crippen LogP contribution in [0.1, 0.15) is 25.7 Å². The SMILES string of the molecule is O=P(O)(O)CCCCCCS(=O)(=O)O. The molecule has 0 amide bonds. The lowest BCUT2D eigenvalue weighted by Gasteiger charge is -2.02. The second-order valence-electron chi connectivity index (χ2n) is 3.09. The fourth-order valence-electron chi connectivity index (χ4n) is 0.956. The summed E-state index contributed by atoms with van der Waals surface area (Å²) in [6.07, 6.45) is 1.62. The van der Waals surface area contributed by atoms with Crippen LogP contribution in [0.2, 0.25) is 0 Å². The van der Waals surface area contributed by atoms with Crippen LogP contribution in [0.5, 0.6) is 0 Å². The van der Waals surface area contributed by atoms with Crippen molar-refractivity contribution in [2.24, 2.45) is 0 Å². The van der Waals surface area contributed by atoms with Gasteiger partial charge in [0.1, 0.15) is 0 Å². The predicted octanol–water partition coefficient (Wildman–Crippen LogP) is 0.612. The third-order valence-electron chi connectivity index (χ3n) is 1.60. The van der Waals surface area contributed by atoms with Gasteiger partial charge in [-0.1, -0.05) is 12.8 Å². The average Bonchev–Trinajstić information content (AvgIpc) is 1.92. The maximum atomic E-state index is 10.4. The van der Waals surface area contributed by atoms with Crippen molar-refractivity contribution in [3.05, 3.63) is 0 Å². The van der Waals surface area contributed by atoms with Crippen molar-refractivity contribution in [3.63, 3.8) is 0 Å². The summed E-state index contributed by atoms with van der Waals surface area (Å²) < 4.78 is 39.2. The molecule has 0 atom stereocenters. The number of hydrogen-bond donors (Lipinski definition) is 3. The van der Waals surface area contributed by atoms with Crippen LogP contribution in [0.25, 0.3) is 0 Å². The summed E-state index contributed by atoms with van der Waals surface area (Å²) in [6, 6.07) is 0. The van der Waals surface area contributed by atoms with E-state index in [0.717, 1.165) is 0 Å². The molecule has 0 unspecified atom stereocenters. The minimum Gasteiger partial charge on any atom is -0.324 e. The average molecular weight is 246 g/mol. The highest BCUT2D eigenvalue weighted by molar-refractivity contribution is 7.85. The zero-order valence-electron chi connectivity index (χ0n) is 7.66. The Bertz CT molecular complexity index is 291. The van der Waals surface area contributed by atoms with Gasteiger partial charge in [-0.25, -0.2) is 0 Å². The van der Waals surface area contributed by atoms with E-state index in [0.29, 0.717) is 25.7 Å². The van der Waals surface area contributed by atoms with E-state index >= 15 is 0 Å². The van der Waals surface area contributed by atoms with Crippen molar-refractivity contribution in [2.75, 3.05) is 11.9 Å². The molecule has 0 saturated heterocycles. The lowest BCUT2D eigenvalue weighted by Crippen LogP contribution is -2.03. The predicted molar refractivity (Wildman–Crippen MR) is 51.8 cm³/mol. The van der Waals surface area contributed by atoms with Gasteiger partial charge >= 0.3 is 7.60 Å². The summed E-state index contributed by atoms with van der Waals surface area (Å²) in [5.74, 6) is -0.289. The smallest absolute Gasteiger partial charge is 0.324 e. The number of hydrogen-bond acceptors (Lipinski definition) is 3. The monoisotopic (exact) mass is 246 g/mol. The van der Waals surface area contributed by atoms with Gasteiger partial charge in [-0.2, -0.15) is 8.42 Å². The molecule has 0 rings (SSSR count). The Balaban J connectivity index is 3.36. The normalized spacial score (nSPS) is 13.1. The zero-order chi connectivity index (χ0) is 11.2. The molecular formula is C6H15O6PS. The van der Waals surface area contributed by atoms with Crippen LogP contribution in [-0.2, 0) is 14.7 Å². The van der Waals surface area contributed by atoms with Crippen molar-refractivity contribution in [3.8, 4) is 0 Å². The fraction of sp³-hybridized carbons (Fsp3) is 1.00. The highest BCUT2D eigenvalue weighted by Crippen LogP contribution is 2.35. The fourth-order valence-corrected chi connectivity index (χ4v) is 2.16. The van der Waals surface area contributed by atoms with E-state index in [1.165, 1.54) is 0 Å². The summed E-state index contributed by atoms with van der Waals surface area (Å²) in [5.41, 5.74) is 0. The highest BCUT2D eigenvalue weighted by atomic mass is 32.2. The quantitative estimate of drug-likeness (QED) is 0.345. The lowest BCUT2D eigenvalue weighted by molar-refractivity contribution is 0.370. The molecule has 0 aliphatic heterocycles. The van der Waals surface area contributed by atoms with Crippen LogP contribution in [0.4, 0.5) is 0 Å². The van der Waals surface area contributed by atoms with Crippen molar-refractivity contribution < 1.29 is 27.3 Å². The molecule has 8 heteroatoms. The molecule has 0 radical (unpaired) electrons. The van der Waals surface area contributed by atoms with E-state index in [2.05, 4.69) is 0 Å². The molecule has 0 aromatic carbocycles. The molecule has 3 N–H and O–H groups in total. The van der Waals surface area contributed by atoms with E-state index in [1.54, 1.807) is 0 Å². The third kappa shape index (κ3) is 12.1. The Labute approximate surface area is 83.2 Å². The van der Waals surface area contributed by atoms with Crippen LogP contribution in [-0.4, -0.2) is 34.7 Å². The molecule has 6 nitrogen and oxygen atoms in total. The molecule has 0 aromatic heterocycles. The molecule has 0 aliphatic carbocycles. The van der Waals surface area contributed by atoms with Gasteiger partial charge in [-0.3, -0.25) is 9.12 Å². The van der Waals surface area contributed by atoms with Crippen LogP contribution >= 0.6 is 7.60 Å². The summed E-state index contributed by atoms with van der Waals surface area (Å²) in [4.78, 5) is 17.0. The van der Waals surface area contributed by atoms with Gasteiger partial charge in [-0.15, -0.1) is 0 Å². The Morgan fingerprint density at radius 1 is 1.00 bits per heavy atom. The van der Waals surface area contributed by atoms with Gasteiger partial charge in [0.25, 0.3) is 10.1 Å². The van der Waals surface area contributed by atoms with Gasteiger partial charge in [0.15, 0.2) is 0 Å². The first-order chi connectivity index (χ1) is 6.21. The van der Waals surface area contributed by atoms with Crippen LogP contribution in [0.3, 0.4) is 0 Å². The molecule has 0 spiro atoms. The minimum absolute atomic E-state index is 0.168. The first-order valence-corrected chi connectivity index (χ1v) is 7.61. The lowest BCUT2D eigenvalue weighted by atomic mass is 10.2. The number of rotatable bonds is 7. The standard InChI is InChI=1S/C6H15O6PS/c7-13(8,9)5-3-1-2-4-6-14(10,11)12/h1-6H2,(H2,7,8,9)(H,10,11,12). The molecule has 0 aliphatic rings. The molecule has 0 bridgehead atoms. The molecule has 14 heavy (non-hydrogen) atoms. The highest BCUT2D eigenvalue weighted by Gasteiger charge is 2.11. The Morgan fingerprint density at radius 3 is 1.93 bits per heavy atom. The van der Waals surface area contributed by atoms with Crippen LogP contribution in [0.15, 0.2) is 0 Å². The maximum Gasteiger partial charge on any atom is 0.325 e. The second kappa shape index (κ2) is 5.82. The third-order valence-corrected chi connectivity index (χ3v) is 3.31. The zero-order valence-corrected chi connectivity index (χ0v) is 9.38. The van der Waals surface area contributed by atoms with E-state index in [1.807, 2.05) is 0 Å². The first-order valence-electron chi connectivity index (χ1n) is 4.20. The first kappa shape index (κ1) is 14.1. The van der Waals surface area contributed by atoms with E-state index < -0.39 is 17.7 Å². The van der Waals surface area contributed by atoms with Gasteiger partial charge in [0.2, 0.25) is 0 Å². The molecule has 0 heterocycles. The van der Waals surface area contributed by atoms with Crippen molar-refractivity contribution in [1.82, 2.24) is 0 Å². The summed E-state index contributed by atoms with van der Waals surface area (Å²) >= 11 is 0. The van der Waals surface area contributed by atoms with Crippen molar-refractivity contribution in [2.45, 2.75) is 25.7 Å². The summed E-state index contributed by atoms with van der Waals surface area (Å²) in [5, 5.41) is 0. The van der Waals surface area contributed by atoms with E-state index in [-0.39, 0.29) is 11.9 Å². The van der Waals surface area contributed by atoms with Gasteiger partial charge in [0, 0.05) is 6.16 Å². The van der Waals surface area contributed by atoms with Crippen LogP contribution < -0.4 is 0 Å². The van der Waals surface area contributed by atoms with Gasteiger partial charge < -0.3 is 9.79 Å². The Hall–Kier alpha value is 0.0600. The van der Waals surface area contributed by atoms with Crippen molar-refractivity contribution in [1.29, 1.82) is 0 Å². The topological polar surface area (TPSA) is 112 Å². The summed E-state index contributed by atoms with van der Waals surface area (Å²) in [6.45, 7) is 0. The van der Waals surface area contributed by atoms with Crippen LogP contribution in [0, 0.1) is 0 Å². The van der Waals surface area contributed by atoms with Gasteiger partial charge in [0.05, 0.1) is 5.75 Å².